The summed E-state index contributed by atoms with van der Waals surface area (Å²) in [6.45, 7) is 6.00. The highest BCUT2D eigenvalue weighted by Crippen LogP contribution is 2.35. The number of piperazine rings is 1. The third kappa shape index (κ3) is 3.84. The van der Waals surface area contributed by atoms with Crippen molar-refractivity contribution < 1.29 is 8.42 Å². The molecule has 1 saturated heterocycles. The molecule has 1 aromatic carbocycles. The normalized spacial score (nSPS) is 15.9. The van der Waals surface area contributed by atoms with Crippen molar-refractivity contribution in [1.82, 2.24) is 9.29 Å². The van der Waals surface area contributed by atoms with Gasteiger partial charge in [0.25, 0.3) is 0 Å². The van der Waals surface area contributed by atoms with E-state index in [1.807, 2.05) is 43.5 Å². The molecule has 2 aromatic heterocycles. The molecule has 148 valence electrons. The molecular formula is C19H20ClN3O2S3. The Morgan fingerprint density at radius 1 is 1.11 bits per heavy atom. The Balaban J connectivity index is 1.53. The third-order valence-electron chi connectivity index (χ3n) is 4.77. The summed E-state index contributed by atoms with van der Waals surface area (Å²) in [7, 11) is -3.52. The lowest BCUT2D eigenvalue weighted by Gasteiger charge is -2.35. The molecule has 3 heterocycles. The molecule has 0 aliphatic carbocycles. The van der Waals surface area contributed by atoms with Gasteiger partial charge in [-0.25, -0.2) is 13.4 Å². The van der Waals surface area contributed by atoms with Gasteiger partial charge in [-0.3, -0.25) is 0 Å². The molecule has 1 aliphatic rings. The van der Waals surface area contributed by atoms with Crippen molar-refractivity contribution in [3.63, 3.8) is 0 Å². The zero-order valence-corrected chi connectivity index (χ0v) is 18.8. The van der Waals surface area contributed by atoms with Crippen molar-refractivity contribution in [2.75, 3.05) is 31.1 Å². The quantitative estimate of drug-likeness (QED) is 0.576. The standard InChI is InChI=1S/C19H20ClN3O2S3/c1-13-19(11-18(27-13)17-12-26-14(2)21-17)28(24,25)23-8-6-22(7-9-23)16-5-3-4-15(20)10-16/h3-5,10-12H,6-9H2,1-2H3. The van der Waals surface area contributed by atoms with Crippen LogP contribution in [-0.2, 0) is 10.0 Å². The molecule has 5 nitrogen and oxygen atoms in total. The molecular weight excluding hydrogens is 434 g/mol. The number of rotatable bonds is 4. The summed E-state index contributed by atoms with van der Waals surface area (Å²) < 4.78 is 28.0. The average Bonchev–Trinajstić information content (AvgIpc) is 3.28. The molecule has 0 N–H and O–H groups in total. The van der Waals surface area contributed by atoms with Gasteiger partial charge in [-0.1, -0.05) is 17.7 Å². The fourth-order valence-corrected chi connectivity index (χ4v) is 7.14. The number of benzene rings is 1. The van der Waals surface area contributed by atoms with Gasteiger partial charge >= 0.3 is 0 Å². The van der Waals surface area contributed by atoms with Crippen LogP contribution in [0.1, 0.15) is 9.88 Å². The van der Waals surface area contributed by atoms with Gasteiger partial charge in [0, 0.05) is 47.1 Å². The summed E-state index contributed by atoms with van der Waals surface area (Å²) in [5.41, 5.74) is 1.88. The highest BCUT2D eigenvalue weighted by atomic mass is 35.5. The lowest BCUT2D eigenvalue weighted by atomic mass is 10.2. The summed E-state index contributed by atoms with van der Waals surface area (Å²) >= 11 is 9.13. The number of hydrogen-bond donors (Lipinski definition) is 0. The summed E-state index contributed by atoms with van der Waals surface area (Å²) in [5.74, 6) is 0. The first-order valence-corrected chi connectivity index (χ1v) is 12.4. The Morgan fingerprint density at radius 3 is 2.50 bits per heavy atom. The van der Waals surface area contributed by atoms with Crippen LogP contribution in [0.2, 0.25) is 5.02 Å². The van der Waals surface area contributed by atoms with E-state index in [2.05, 4.69) is 9.88 Å². The Labute approximate surface area is 178 Å². The van der Waals surface area contributed by atoms with Crippen LogP contribution in [0.25, 0.3) is 10.6 Å². The molecule has 28 heavy (non-hydrogen) atoms. The van der Waals surface area contributed by atoms with Crippen molar-refractivity contribution in [2.24, 2.45) is 0 Å². The summed E-state index contributed by atoms with van der Waals surface area (Å²) in [6, 6.07) is 9.44. The smallest absolute Gasteiger partial charge is 0.244 e. The SMILES string of the molecule is Cc1nc(-c2cc(S(=O)(=O)N3CCN(c4cccc(Cl)c4)CC3)c(C)s2)cs1. The molecule has 3 aromatic rings. The van der Waals surface area contributed by atoms with E-state index in [1.165, 1.54) is 11.3 Å². The Morgan fingerprint density at radius 2 is 1.86 bits per heavy atom. The Kier molecular flexibility index (Phi) is 5.50. The van der Waals surface area contributed by atoms with Crippen molar-refractivity contribution in [3.8, 4) is 10.6 Å². The van der Waals surface area contributed by atoms with E-state index < -0.39 is 10.0 Å². The number of hydrogen-bond acceptors (Lipinski definition) is 6. The number of thiophene rings is 1. The van der Waals surface area contributed by atoms with Crippen molar-refractivity contribution in [2.45, 2.75) is 18.7 Å². The van der Waals surface area contributed by atoms with E-state index >= 15 is 0 Å². The first-order chi connectivity index (χ1) is 13.3. The molecule has 0 spiro atoms. The van der Waals surface area contributed by atoms with E-state index in [-0.39, 0.29) is 0 Å². The summed E-state index contributed by atoms with van der Waals surface area (Å²) in [6.07, 6.45) is 0. The van der Waals surface area contributed by atoms with Gasteiger partial charge < -0.3 is 4.90 Å². The molecule has 9 heteroatoms. The molecule has 1 aliphatic heterocycles. The van der Waals surface area contributed by atoms with E-state index in [0.717, 1.165) is 26.1 Å². The first kappa shape index (κ1) is 19.8. The maximum Gasteiger partial charge on any atom is 0.244 e. The van der Waals surface area contributed by atoms with Gasteiger partial charge in [-0.05, 0) is 38.1 Å². The highest BCUT2D eigenvalue weighted by molar-refractivity contribution is 7.89. The van der Waals surface area contributed by atoms with Gasteiger partial charge in [0.1, 0.15) is 0 Å². The number of anilines is 1. The average molecular weight is 454 g/mol. The molecule has 0 atom stereocenters. The van der Waals surface area contributed by atoms with E-state index in [4.69, 9.17) is 11.6 Å². The van der Waals surface area contributed by atoms with Gasteiger partial charge in [-0.15, -0.1) is 22.7 Å². The van der Waals surface area contributed by atoms with Crippen LogP contribution in [0.3, 0.4) is 0 Å². The minimum atomic E-state index is -3.52. The van der Waals surface area contributed by atoms with E-state index in [1.54, 1.807) is 21.7 Å². The predicted molar refractivity (Wildman–Crippen MR) is 117 cm³/mol. The lowest BCUT2D eigenvalue weighted by molar-refractivity contribution is 0.385. The molecule has 0 saturated carbocycles. The number of nitrogens with zero attached hydrogens (tertiary/aromatic N) is 3. The summed E-state index contributed by atoms with van der Waals surface area (Å²) in [5, 5.41) is 3.63. The fraction of sp³-hybridized carbons (Fsp3) is 0.316. The van der Waals surface area contributed by atoms with Crippen LogP contribution < -0.4 is 4.90 Å². The monoisotopic (exact) mass is 453 g/mol. The molecule has 0 bridgehead atoms. The predicted octanol–water partition coefficient (Wildman–Crippen LogP) is 4.65. The largest absolute Gasteiger partial charge is 0.369 e. The zero-order valence-electron chi connectivity index (χ0n) is 15.6. The van der Waals surface area contributed by atoms with Gasteiger partial charge in [0.05, 0.1) is 20.5 Å². The van der Waals surface area contributed by atoms with Gasteiger partial charge in [0.15, 0.2) is 0 Å². The Hall–Kier alpha value is -1.45. The zero-order chi connectivity index (χ0) is 19.9. The van der Waals surface area contributed by atoms with Gasteiger partial charge in [-0.2, -0.15) is 4.31 Å². The van der Waals surface area contributed by atoms with E-state index in [9.17, 15) is 8.42 Å². The maximum atomic E-state index is 13.2. The number of aromatic nitrogens is 1. The molecule has 4 rings (SSSR count). The number of thiazole rings is 1. The van der Waals surface area contributed by atoms with Gasteiger partial charge in [0.2, 0.25) is 10.0 Å². The van der Waals surface area contributed by atoms with E-state index in [0.29, 0.717) is 36.1 Å². The summed E-state index contributed by atoms with van der Waals surface area (Å²) in [4.78, 5) is 8.75. The van der Waals surface area contributed by atoms with Crippen LogP contribution in [0.5, 0.6) is 0 Å². The van der Waals surface area contributed by atoms with Crippen LogP contribution >= 0.6 is 34.3 Å². The fourth-order valence-electron chi connectivity index (χ4n) is 3.32. The Bertz CT molecular complexity index is 1100. The maximum absolute atomic E-state index is 13.2. The number of halogens is 1. The second-order valence-corrected chi connectivity index (χ2v) is 11.3. The lowest BCUT2D eigenvalue weighted by Crippen LogP contribution is -2.48. The molecule has 0 radical (unpaired) electrons. The molecule has 0 unspecified atom stereocenters. The van der Waals surface area contributed by atoms with Crippen molar-refractivity contribution in [1.29, 1.82) is 0 Å². The first-order valence-electron chi connectivity index (χ1n) is 8.88. The van der Waals surface area contributed by atoms with Crippen LogP contribution in [0.4, 0.5) is 5.69 Å². The minimum Gasteiger partial charge on any atom is -0.369 e. The highest BCUT2D eigenvalue weighted by Gasteiger charge is 2.31. The second kappa shape index (κ2) is 7.76. The number of sulfonamides is 1. The van der Waals surface area contributed by atoms with Crippen molar-refractivity contribution >= 4 is 50.0 Å². The topological polar surface area (TPSA) is 53.5 Å². The number of aryl methyl sites for hydroxylation is 2. The van der Waals surface area contributed by atoms with Crippen LogP contribution in [-0.4, -0.2) is 43.9 Å². The molecule has 1 fully saturated rings. The molecule has 0 amide bonds. The third-order valence-corrected chi connectivity index (χ3v) is 9.01. The van der Waals surface area contributed by atoms with Crippen LogP contribution in [0, 0.1) is 13.8 Å². The second-order valence-electron chi connectivity index (χ2n) is 6.65. The van der Waals surface area contributed by atoms with Crippen LogP contribution in [0.15, 0.2) is 40.6 Å². The minimum absolute atomic E-state index is 0.398. The van der Waals surface area contributed by atoms with Crippen molar-refractivity contribution in [3.05, 3.63) is 50.6 Å².